The van der Waals surface area contributed by atoms with Gasteiger partial charge in [-0.3, -0.25) is 4.79 Å². The predicted octanol–water partition coefficient (Wildman–Crippen LogP) is -0.0438. The van der Waals surface area contributed by atoms with Gasteiger partial charge in [0.1, 0.15) is 0 Å². The molecule has 1 saturated heterocycles. The molecule has 1 aliphatic rings. The van der Waals surface area contributed by atoms with Gasteiger partial charge in [-0.25, -0.2) is 0 Å². The lowest BCUT2D eigenvalue weighted by molar-refractivity contribution is -0.138. The zero-order chi connectivity index (χ0) is 10.4. The van der Waals surface area contributed by atoms with Gasteiger partial charge < -0.3 is 15.7 Å². The van der Waals surface area contributed by atoms with Crippen LogP contribution in [0.3, 0.4) is 0 Å². The molecule has 1 fully saturated rings. The Morgan fingerprint density at radius 3 is 2.64 bits per heavy atom. The summed E-state index contributed by atoms with van der Waals surface area (Å²) in [6.45, 7) is 2.40. The summed E-state index contributed by atoms with van der Waals surface area (Å²) in [5.41, 5.74) is 5.36. The van der Waals surface area contributed by atoms with Crippen molar-refractivity contribution in [3.63, 3.8) is 0 Å². The van der Waals surface area contributed by atoms with Crippen LogP contribution in [0.4, 0.5) is 0 Å². The first-order valence-corrected chi connectivity index (χ1v) is 5.36. The second kappa shape index (κ2) is 5.98. The number of aliphatic hydroxyl groups is 1. The third-order valence-electron chi connectivity index (χ3n) is 2.66. The van der Waals surface area contributed by atoms with Crippen molar-refractivity contribution in [1.29, 1.82) is 0 Å². The molecule has 0 radical (unpaired) electrons. The molecule has 0 aromatic rings. The van der Waals surface area contributed by atoms with Crippen LogP contribution in [0.5, 0.6) is 0 Å². The quantitative estimate of drug-likeness (QED) is 0.591. The zero-order valence-corrected chi connectivity index (χ0v) is 8.61. The van der Waals surface area contributed by atoms with E-state index in [1.165, 1.54) is 0 Å². The van der Waals surface area contributed by atoms with E-state index in [4.69, 9.17) is 10.8 Å². The highest BCUT2D eigenvalue weighted by Gasteiger charge is 2.28. The van der Waals surface area contributed by atoms with E-state index in [0.29, 0.717) is 18.9 Å². The van der Waals surface area contributed by atoms with E-state index in [1.807, 2.05) is 4.90 Å². The number of hydrogen-bond acceptors (Lipinski definition) is 3. The minimum Gasteiger partial charge on any atom is -0.396 e. The standard InChI is InChI=1S/C10H20N2O2/c11-5-3-1-2-4-10(14)12-6-9(7-12)8-13/h9,13H,1-8,11H2. The highest BCUT2D eigenvalue weighted by molar-refractivity contribution is 5.76. The van der Waals surface area contributed by atoms with Crippen molar-refractivity contribution in [3.05, 3.63) is 0 Å². The van der Waals surface area contributed by atoms with Gasteiger partial charge in [-0.2, -0.15) is 0 Å². The lowest BCUT2D eigenvalue weighted by Crippen LogP contribution is -2.51. The van der Waals surface area contributed by atoms with Gasteiger partial charge in [-0.15, -0.1) is 0 Å². The van der Waals surface area contributed by atoms with E-state index in [1.54, 1.807) is 0 Å². The molecule has 1 heterocycles. The molecule has 1 amide bonds. The minimum atomic E-state index is 0.205. The fourth-order valence-corrected chi connectivity index (χ4v) is 1.64. The van der Waals surface area contributed by atoms with Crippen LogP contribution < -0.4 is 5.73 Å². The Morgan fingerprint density at radius 1 is 1.36 bits per heavy atom. The molecular formula is C10H20N2O2. The fourth-order valence-electron chi connectivity index (χ4n) is 1.64. The van der Waals surface area contributed by atoms with Gasteiger partial charge in [0.15, 0.2) is 0 Å². The van der Waals surface area contributed by atoms with Crippen LogP contribution >= 0.6 is 0 Å². The van der Waals surface area contributed by atoms with Crippen LogP contribution in [0.15, 0.2) is 0 Å². The Hall–Kier alpha value is -0.610. The number of aliphatic hydroxyl groups excluding tert-OH is 1. The molecule has 1 rings (SSSR count). The average molecular weight is 200 g/mol. The molecular weight excluding hydrogens is 180 g/mol. The first-order valence-electron chi connectivity index (χ1n) is 5.36. The smallest absolute Gasteiger partial charge is 0.222 e. The van der Waals surface area contributed by atoms with Crippen molar-refractivity contribution in [2.24, 2.45) is 11.7 Å². The summed E-state index contributed by atoms with van der Waals surface area (Å²) in [6.07, 6.45) is 3.63. The molecule has 1 aliphatic heterocycles. The van der Waals surface area contributed by atoms with Crippen molar-refractivity contribution in [2.75, 3.05) is 26.2 Å². The third-order valence-corrected chi connectivity index (χ3v) is 2.66. The van der Waals surface area contributed by atoms with Gasteiger partial charge in [-0.05, 0) is 19.4 Å². The largest absolute Gasteiger partial charge is 0.396 e. The molecule has 0 aromatic carbocycles. The number of hydrogen-bond donors (Lipinski definition) is 2. The third kappa shape index (κ3) is 3.27. The maximum atomic E-state index is 11.5. The van der Waals surface area contributed by atoms with E-state index < -0.39 is 0 Å². The van der Waals surface area contributed by atoms with Crippen molar-refractivity contribution in [3.8, 4) is 0 Å². The molecule has 0 atom stereocenters. The summed E-state index contributed by atoms with van der Waals surface area (Å²) >= 11 is 0. The molecule has 0 aliphatic carbocycles. The predicted molar refractivity (Wildman–Crippen MR) is 54.7 cm³/mol. The summed E-state index contributed by atoms with van der Waals surface area (Å²) in [5.74, 6) is 0.551. The second-order valence-corrected chi connectivity index (χ2v) is 3.95. The number of carbonyl (C=O) groups is 1. The number of likely N-dealkylation sites (tertiary alicyclic amines) is 1. The molecule has 14 heavy (non-hydrogen) atoms. The van der Waals surface area contributed by atoms with Gasteiger partial charge in [0, 0.05) is 32.0 Å². The molecule has 82 valence electrons. The van der Waals surface area contributed by atoms with Crippen LogP contribution in [0.1, 0.15) is 25.7 Å². The number of unbranched alkanes of at least 4 members (excludes halogenated alkanes) is 2. The van der Waals surface area contributed by atoms with E-state index >= 15 is 0 Å². The topological polar surface area (TPSA) is 66.6 Å². The Labute approximate surface area is 85.1 Å². The van der Waals surface area contributed by atoms with E-state index in [-0.39, 0.29) is 12.5 Å². The number of nitrogens with zero attached hydrogens (tertiary/aromatic N) is 1. The zero-order valence-electron chi connectivity index (χ0n) is 8.61. The summed E-state index contributed by atoms with van der Waals surface area (Å²) in [5, 5.41) is 8.78. The molecule has 0 bridgehead atoms. The molecule has 4 heteroatoms. The van der Waals surface area contributed by atoms with Gasteiger partial charge in [0.05, 0.1) is 0 Å². The SMILES string of the molecule is NCCCCCC(=O)N1CC(CO)C1. The highest BCUT2D eigenvalue weighted by atomic mass is 16.3. The first-order chi connectivity index (χ1) is 6.77. The summed E-state index contributed by atoms with van der Waals surface area (Å²) in [4.78, 5) is 13.3. The Bertz CT molecular complexity index is 179. The maximum absolute atomic E-state index is 11.5. The molecule has 0 saturated carbocycles. The Balaban J connectivity index is 2.00. The number of amides is 1. The van der Waals surface area contributed by atoms with Gasteiger partial charge >= 0.3 is 0 Å². The molecule has 0 aromatic heterocycles. The van der Waals surface area contributed by atoms with Crippen molar-refractivity contribution in [2.45, 2.75) is 25.7 Å². The molecule has 4 nitrogen and oxygen atoms in total. The van der Waals surface area contributed by atoms with Crippen LogP contribution in [-0.4, -0.2) is 42.2 Å². The van der Waals surface area contributed by atoms with Gasteiger partial charge in [0.25, 0.3) is 0 Å². The number of rotatable bonds is 6. The monoisotopic (exact) mass is 200 g/mol. The van der Waals surface area contributed by atoms with Crippen LogP contribution in [0, 0.1) is 5.92 Å². The first kappa shape index (κ1) is 11.5. The number of carbonyl (C=O) groups excluding carboxylic acids is 1. The summed E-state index contributed by atoms with van der Waals surface area (Å²) < 4.78 is 0. The Morgan fingerprint density at radius 2 is 2.07 bits per heavy atom. The van der Waals surface area contributed by atoms with E-state index in [2.05, 4.69) is 0 Å². The summed E-state index contributed by atoms with van der Waals surface area (Å²) in [6, 6.07) is 0. The van der Waals surface area contributed by atoms with Crippen LogP contribution in [0.2, 0.25) is 0 Å². The van der Waals surface area contributed by atoms with Gasteiger partial charge in [-0.1, -0.05) is 6.42 Å². The molecule has 3 N–H and O–H groups in total. The van der Waals surface area contributed by atoms with Crippen molar-refractivity contribution < 1.29 is 9.90 Å². The average Bonchev–Trinajstić information content (AvgIpc) is 2.11. The summed E-state index contributed by atoms with van der Waals surface area (Å²) in [7, 11) is 0. The van der Waals surface area contributed by atoms with Crippen molar-refractivity contribution in [1.82, 2.24) is 4.90 Å². The fraction of sp³-hybridized carbons (Fsp3) is 0.900. The number of nitrogens with two attached hydrogens (primary N) is 1. The van der Waals surface area contributed by atoms with Crippen LogP contribution in [0.25, 0.3) is 0 Å². The lowest BCUT2D eigenvalue weighted by atomic mass is 10.0. The van der Waals surface area contributed by atoms with E-state index in [0.717, 1.165) is 32.4 Å². The Kier molecular flexibility index (Phi) is 4.90. The van der Waals surface area contributed by atoms with Crippen molar-refractivity contribution >= 4 is 5.91 Å². The maximum Gasteiger partial charge on any atom is 0.222 e. The highest BCUT2D eigenvalue weighted by Crippen LogP contribution is 2.16. The molecule has 0 spiro atoms. The van der Waals surface area contributed by atoms with Crippen LogP contribution in [-0.2, 0) is 4.79 Å². The minimum absolute atomic E-state index is 0.205. The van der Waals surface area contributed by atoms with Gasteiger partial charge in [0.2, 0.25) is 5.91 Å². The molecule has 0 unspecified atom stereocenters. The second-order valence-electron chi connectivity index (χ2n) is 3.95. The lowest BCUT2D eigenvalue weighted by Gasteiger charge is -2.38. The normalized spacial score (nSPS) is 16.9. The van der Waals surface area contributed by atoms with E-state index in [9.17, 15) is 4.79 Å².